The highest BCUT2D eigenvalue weighted by molar-refractivity contribution is 5.35. The Morgan fingerprint density at radius 2 is 2.13 bits per heavy atom. The van der Waals surface area contributed by atoms with E-state index in [9.17, 15) is 0 Å². The second-order valence-corrected chi connectivity index (χ2v) is 4.80. The van der Waals surface area contributed by atoms with E-state index >= 15 is 0 Å². The molecule has 0 radical (unpaired) electrons. The molecule has 0 saturated heterocycles. The molecule has 1 aromatic rings. The fourth-order valence-electron chi connectivity index (χ4n) is 1.44. The normalized spacial score (nSPS) is 11.1. The van der Waals surface area contributed by atoms with E-state index in [1.165, 1.54) is 0 Å². The molecule has 15 heavy (non-hydrogen) atoms. The quantitative estimate of drug-likeness (QED) is 0.754. The number of rotatable bonds is 3. The second kappa shape index (κ2) is 4.44. The van der Waals surface area contributed by atoms with Crippen LogP contribution in [0.15, 0.2) is 12.3 Å². The monoisotopic (exact) mass is 202 g/mol. The molecular weight excluding hydrogens is 184 g/mol. The molecule has 80 valence electrons. The predicted molar refractivity (Wildman–Crippen MR) is 61.5 cm³/mol. The van der Waals surface area contributed by atoms with Gasteiger partial charge in [0.2, 0.25) is 0 Å². The van der Waals surface area contributed by atoms with Gasteiger partial charge in [0.25, 0.3) is 0 Å². The van der Waals surface area contributed by atoms with Crippen molar-refractivity contribution in [3.05, 3.63) is 29.1 Å². The maximum absolute atomic E-state index is 8.80. The molecule has 2 nitrogen and oxygen atoms in total. The van der Waals surface area contributed by atoms with Gasteiger partial charge in [-0.05, 0) is 30.4 Å². The summed E-state index contributed by atoms with van der Waals surface area (Å²) >= 11 is 0. The van der Waals surface area contributed by atoms with Gasteiger partial charge in [-0.15, -0.1) is 0 Å². The molecule has 1 aromatic heterocycles. The molecule has 0 unspecified atom stereocenters. The smallest absolute Gasteiger partial charge is 0.101 e. The summed E-state index contributed by atoms with van der Waals surface area (Å²) in [4.78, 5) is 4.32. The average Bonchev–Trinajstić information content (AvgIpc) is 2.17. The lowest BCUT2D eigenvalue weighted by molar-refractivity contribution is 0.345. The van der Waals surface area contributed by atoms with E-state index in [-0.39, 0.29) is 5.41 Å². The summed E-state index contributed by atoms with van der Waals surface area (Å²) in [5.41, 5.74) is 3.06. The predicted octanol–water partition coefficient (Wildman–Crippen LogP) is 3.24. The lowest BCUT2D eigenvalue weighted by atomic mass is 9.85. The van der Waals surface area contributed by atoms with E-state index in [1.807, 2.05) is 13.0 Å². The minimum absolute atomic E-state index is 0.285. The van der Waals surface area contributed by atoms with Crippen molar-refractivity contribution in [3.8, 4) is 6.07 Å². The summed E-state index contributed by atoms with van der Waals surface area (Å²) in [6.07, 6.45) is 3.78. The third-order valence-corrected chi connectivity index (χ3v) is 2.90. The van der Waals surface area contributed by atoms with Gasteiger partial charge in [0.15, 0.2) is 0 Å². The first-order valence-corrected chi connectivity index (χ1v) is 5.34. The zero-order valence-electron chi connectivity index (χ0n) is 9.96. The van der Waals surface area contributed by atoms with Crippen LogP contribution in [0, 0.1) is 23.7 Å². The Labute approximate surface area is 92.0 Å². The van der Waals surface area contributed by atoms with Crippen molar-refractivity contribution in [1.82, 2.24) is 4.98 Å². The zero-order chi connectivity index (χ0) is 11.5. The van der Waals surface area contributed by atoms with Gasteiger partial charge in [0, 0.05) is 11.9 Å². The molecule has 0 bridgehead atoms. The van der Waals surface area contributed by atoms with Crippen molar-refractivity contribution in [2.75, 3.05) is 0 Å². The molecule has 0 fully saturated rings. The van der Waals surface area contributed by atoms with Gasteiger partial charge in [-0.2, -0.15) is 5.26 Å². The summed E-state index contributed by atoms with van der Waals surface area (Å²) in [5, 5.41) is 8.80. The van der Waals surface area contributed by atoms with Crippen molar-refractivity contribution in [2.45, 2.75) is 40.5 Å². The molecule has 0 atom stereocenters. The van der Waals surface area contributed by atoms with Crippen LogP contribution in [0.2, 0.25) is 0 Å². The van der Waals surface area contributed by atoms with E-state index in [0.717, 1.165) is 24.1 Å². The van der Waals surface area contributed by atoms with Crippen molar-refractivity contribution >= 4 is 0 Å². The molecule has 0 saturated carbocycles. The van der Waals surface area contributed by atoms with E-state index < -0.39 is 0 Å². The van der Waals surface area contributed by atoms with Crippen LogP contribution in [0.4, 0.5) is 0 Å². The van der Waals surface area contributed by atoms with E-state index in [1.54, 1.807) is 6.20 Å². The van der Waals surface area contributed by atoms with E-state index in [2.05, 4.69) is 31.8 Å². The van der Waals surface area contributed by atoms with Gasteiger partial charge in [-0.25, -0.2) is 0 Å². The first-order valence-electron chi connectivity index (χ1n) is 5.34. The molecular formula is C13H18N2. The molecule has 0 spiro atoms. The minimum Gasteiger partial charge on any atom is -0.260 e. The molecule has 0 aromatic carbocycles. The lowest BCUT2D eigenvalue weighted by Crippen LogP contribution is -2.14. The van der Waals surface area contributed by atoms with Gasteiger partial charge in [-0.1, -0.05) is 27.2 Å². The largest absolute Gasteiger partial charge is 0.260 e. The van der Waals surface area contributed by atoms with Crippen molar-refractivity contribution in [3.63, 3.8) is 0 Å². The topological polar surface area (TPSA) is 36.7 Å². The number of aryl methyl sites for hydroxylation is 1. The fourth-order valence-corrected chi connectivity index (χ4v) is 1.44. The molecule has 0 aliphatic heterocycles. The maximum Gasteiger partial charge on any atom is 0.101 e. The van der Waals surface area contributed by atoms with E-state index in [4.69, 9.17) is 5.26 Å². The molecule has 0 aliphatic carbocycles. The number of nitrogens with zero attached hydrogens (tertiary/aromatic N) is 2. The third-order valence-electron chi connectivity index (χ3n) is 2.90. The van der Waals surface area contributed by atoms with Gasteiger partial charge in [0.1, 0.15) is 6.07 Å². The van der Waals surface area contributed by atoms with Gasteiger partial charge >= 0.3 is 0 Å². The Morgan fingerprint density at radius 1 is 1.47 bits per heavy atom. The first-order chi connectivity index (χ1) is 6.98. The number of hydrogen-bond donors (Lipinski definition) is 0. The molecule has 0 N–H and O–H groups in total. The van der Waals surface area contributed by atoms with Crippen LogP contribution in [0.25, 0.3) is 0 Å². The lowest BCUT2D eigenvalue weighted by Gasteiger charge is -2.22. The van der Waals surface area contributed by atoms with Crippen LogP contribution in [0.5, 0.6) is 0 Å². The zero-order valence-corrected chi connectivity index (χ0v) is 9.96. The van der Waals surface area contributed by atoms with Gasteiger partial charge in [0.05, 0.1) is 5.56 Å². The molecule has 0 amide bonds. The summed E-state index contributed by atoms with van der Waals surface area (Å²) in [5.74, 6) is 0. The third kappa shape index (κ3) is 3.06. The van der Waals surface area contributed by atoms with Crippen molar-refractivity contribution in [1.29, 1.82) is 5.26 Å². The summed E-state index contributed by atoms with van der Waals surface area (Å²) in [6.45, 7) is 8.63. The molecule has 2 heteroatoms. The summed E-state index contributed by atoms with van der Waals surface area (Å²) < 4.78 is 0. The van der Waals surface area contributed by atoms with Crippen LogP contribution in [-0.2, 0) is 6.42 Å². The Hall–Kier alpha value is -1.36. The number of aromatic nitrogens is 1. The van der Waals surface area contributed by atoms with Crippen molar-refractivity contribution < 1.29 is 0 Å². The summed E-state index contributed by atoms with van der Waals surface area (Å²) in [6, 6.07) is 4.16. The van der Waals surface area contributed by atoms with Gasteiger partial charge < -0.3 is 0 Å². The Balaban J connectivity index is 2.90. The first kappa shape index (κ1) is 11.7. The molecule has 1 heterocycles. The highest BCUT2D eigenvalue weighted by Gasteiger charge is 2.16. The average molecular weight is 202 g/mol. The highest BCUT2D eigenvalue weighted by atomic mass is 14.7. The second-order valence-electron chi connectivity index (χ2n) is 4.80. The minimum atomic E-state index is 0.285. The SMILES string of the molecule is CCC(C)(C)Cc1cc(C)c(C#N)cn1. The number of hydrogen-bond acceptors (Lipinski definition) is 2. The Bertz CT molecular complexity index is 386. The maximum atomic E-state index is 8.80. The van der Waals surface area contributed by atoms with Crippen LogP contribution < -0.4 is 0 Å². The van der Waals surface area contributed by atoms with Crippen LogP contribution in [0.3, 0.4) is 0 Å². The number of nitriles is 1. The Morgan fingerprint density at radius 3 is 2.60 bits per heavy atom. The van der Waals surface area contributed by atoms with E-state index in [0.29, 0.717) is 5.56 Å². The van der Waals surface area contributed by atoms with Crippen LogP contribution in [0.1, 0.15) is 44.0 Å². The molecule has 0 aliphatic rings. The van der Waals surface area contributed by atoms with Gasteiger partial charge in [-0.3, -0.25) is 4.98 Å². The molecule has 1 rings (SSSR count). The fraction of sp³-hybridized carbons (Fsp3) is 0.538. The highest BCUT2D eigenvalue weighted by Crippen LogP contribution is 2.25. The van der Waals surface area contributed by atoms with Crippen LogP contribution >= 0.6 is 0 Å². The van der Waals surface area contributed by atoms with Crippen molar-refractivity contribution in [2.24, 2.45) is 5.41 Å². The van der Waals surface area contributed by atoms with Crippen LogP contribution in [-0.4, -0.2) is 4.98 Å². The Kier molecular flexibility index (Phi) is 3.47. The summed E-state index contributed by atoms with van der Waals surface area (Å²) in [7, 11) is 0. The number of pyridine rings is 1. The standard InChI is InChI=1S/C13H18N2/c1-5-13(3,4)7-12-6-10(2)11(8-14)9-15-12/h6,9H,5,7H2,1-4H3.